The molecule has 1 fully saturated rings. The molecule has 1 aliphatic carbocycles. The number of hydrogen-bond donors (Lipinski definition) is 1. The van der Waals surface area contributed by atoms with Gasteiger partial charge in [0.1, 0.15) is 5.82 Å². The van der Waals surface area contributed by atoms with Crippen molar-refractivity contribution in [1.29, 1.82) is 0 Å². The third kappa shape index (κ3) is 4.77. The Morgan fingerprint density at radius 2 is 1.68 bits per heavy atom. The Morgan fingerprint density at radius 1 is 1.11 bits per heavy atom. The van der Waals surface area contributed by atoms with E-state index in [4.69, 9.17) is 0 Å². The van der Waals surface area contributed by atoms with E-state index in [-0.39, 0.29) is 29.9 Å². The molecule has 1 N–H and O–H groups in total. The average Bonchev–Trinajstić information content (AvgIpc) is 3.38. The highest BCUT2D eigenvalue weighted by Crippen LogP contribution is 2.27. The Balaban J connectivity index is 1.96. The van der Waals surface area contributed by atoms with E-state index in [0.717, 1.165) is 18.4 Å². The van der Waals surface area contributed by atoms with Crippen molar-refractivity contribution >= 4 is 15.9 Å². The van der Waals surface area contributed by atoms with Crippen molar-refractivity contribution in [2.24, 2.45) is 0 Å². The molecule has 2 aromatic carbocycles. The van der Waals surface area contributed by atoms with Gasteiger partial charge in [-0.25, -0.2) is 12.8 Å². The van der Waals surface area contributed by atoms with E-state index in [9.17, 15) is 17.6 Å². The van der Waals surface area contributed by atoms with Gasteiger partial charge in [0.05, 0.1) is 11.4 Å². The molecule has 2 aromatic rings. The molecule has 0 radical (unpaired) electrons. The lowest BCUT2D eigenvalue weighted by molar-refractivity contribution is -0.121. The van der Waals surface area contributed by atoms with Gasteiger partial charge in [0, 0.05) is 12.6 Å². The fourth-order valence-electron chi connectivity index (χ4n) is 3.38. The lowest BCUT2D eigenvalue weighted by Gasteiger charge is -2.24. The summed E-state index contributed by atoms with van der Waals surface area (Å²) in [7, 11) is -3.92. The lowest BCUT2D eigenvalue weighted by Crippen LogP contribution is -2.41. The monoisotopic (exact) mass is 404 g/mol. The van der Waals surface area contributed by atoms with E-state index < -0.39 is 15.8 Å². The lowest BCUT2D eigenvalue weighted by atomic mass is 10.1. The van der Waals surface area contributed by atoms with Gasteiger partial charge in [-0.15, -0.1) is 0 Å². The van der Waals surface area contributed by atoms with Gasteiger partial charge in [-0.3, -0.25) is 4.79 Å². The van der Waals surface area contributed by atoms with Crippen molar-refractivity contribution in [2.75, 3.05) is 6.54 Å². The van der Waals surface area contributed by atoms with Gasteiger partial charge in [-0.2, -0.15) is 4.31 Å². The Bertz CT molecular complexity index is 960. The number of carbonyl (C=O) groups excluding carboxylic acids is 1. The second-order valence-electron chi connectivity index (χ2n) is 7.47. The van der Waals surface area contributed by atoms with Gasteiger partial charge in [-0.1, -0.05) is 29.8 Å². The summed E-state index contributed by atoms with van der Waals surface area (Å²) in [4.78, 5) is 12.6. The minimum absolute atomic E-state index is 0.00649. The third-order valence-corrected chi connectivity index (χ3v) is 6.84. The Kier molecular flexibility index (Phi) is 5.86. The van der Waals surface area contributed by atoms with Crippen LogP contribution in [0.4, 0.5) is 4.39 Å². The Hall–Kier alpha value is -2.25. The molecule has 28 heavy (non-hydrogen) atoms. The van der Waals surface area contributed by atoms with Crippen LogP contribution in [-0.2, 0) is 21.4 Å². The van der Waals surface area contributed by atoms with E-state index >= 15 is 0 Å². The number of nitrogens with one attached hydrogen (secondary N) is 1. The number of benzene rings is 2. The summed E-state index contributed by atoms with van der Waals surface area (Å²) in [6.45, 7) is 5.15. The number of aryl methyl sites for hydroxylation is 3. The first kappa shape index (κ1) is 20.5. The number of rotatable bonds is 7. The van der Waals surface area contributed by atoms with Crippen LogP contribution in [0.25, 0.3) is 0 Å². The molecule has 3 rings (SSSR count). The molecule has 0 aromatic heterocycles. The number of sulfonamides is 1. The van der Waals surface area contributed by atoms with Crippen molar-refractivity contribution in [2.45, 2.75) is 51.1 Å². The maximum absolute atomic E-state index is 13.5. The predicted molar refractivity (Wildman–Crippen MR) is 106 cm³/mol. The van der Waals surface area contributed by atoms with Crippen molar-refractivity contribution in [3.05, 3.63) is 64.5 Å². The van der Waals surface area contributed by atoms with Crippen LogP contribution in [0.1, 0.15) is 35.1 Å². The van der Waals surface area contributed by atoms with Crippen LogP contribution in [0.2, 0.25) is 0 Å². The molecular formula is C21H25FN2O3S. The third-order valence-electron chi connectivity index (χ3n) is 4.74. The van der Waals surface area contributed by atoms with E-state index in [1.807, 2.05) is 19.1 Å². The average molecular weight is 405 g/mol. The topological polar surface area (TPSA) is 66.5 Å². The van der Waals surface area contributed by atoms with E-state index in [0.29, 0.717) is 16.7 Å². The summed E-state index contributed by atoms with van der Waals surface area (Å²) in [5, 5.41) is 2.84. The summed E-state index contributed by atoms with van der Waals surface area (Å²) in [6, 6.07) is 9.42. The SMILES string of the molecule is Cc1cc(C)c(S(=O)(=O)N(CC(=O)NC2CC2)Cc2ccc(F)cc2)c(C)c1. The van der Waals surface area contributed by atoms with Crippen LogP contribution in [-0.4, -0.2) is 31.2 Å². The minimum atomic E-state index is -3.92. The fourth-order valence-corrected chi connectivity index (χ4v) is 5.18. The maximum atomic E-state index is 13.5. The van der Waals surface area contributed by atoms with Gasteiger partial charge in [0.25, 0.3) is 0 Å². The molecule has 0 atom stereocenters. The summed E-state index contributed by atoms with van der Waals surface area (Å²) in [5.41, 5.74) is 2.88. The zero-order valence-electron chi connectivity index (χ0n) is 16.3. The van der Waals surface area contributed by atoms with Crippen molar-refractivity contribution in [3.63, 3.8) is 0 Å². The van der Waals surface area contributed by atoms with E-state index in [1.54, 1.807) is 13.8 Å². The Morgan fingerprint density at radius 3 is 2.21 bits per heavy atom. The molecule has 0 heterocycles. The molecule has 0 bridgehead atoms. The van der Waals surface area contributed by atoms with Gasteiger partial charge in [-0.05, 0) is 62.4 Å². The molecule has 1 saturated carbocycles. The zero-order valence-corrected chi connectivity index (χ0v) is 17.1. The molecule has 1 amide bonds. The molecular weight excluding hydrogens is 379 g/mol. The fraction of sp³-hybridized carbons (Fsp3) is 0.381. The molecule has 5 nitrogen and oxygen atoms in total. The van der Waals surface area contributed by atoms with Crippen LogP contribution in [0.5, 0.6) is 0 Å². The Labute approximate surface area is 165 Å². The summed E-state index contributed by atoms with van der Waals surface area (Å²) < 4.78 is 41.3. The highest BCUT2D eigenvalue weighted by molar-refractivity contribution is 7.89. The second-order valence-corrected chi connectivity index (χ2v) is 9.34. The highest BCUT2D eigenvalue weighted by atomic mass is 32.2. The number of amides is 1. The molecule has 0 unspecified atom stereocenters. The van der Waals surface area contributed by atoms with E-state index in [1.165, 1.54) is 28.6 Å². The summed E-state index contributed by atoms with van der Waals surface area (Å²) in [5.74, 6) is -0.717. The van der Waals surface area contributed by atoms with Crippen LogP contribution < -0.4 is 5.32 Å². The standard InChI is InChI=1S/C21H25FN2O3S/c1-14-10-15(2)21(16(3)11-14)28(26,27)24(13-20(25)23-19-8-9-19)12-17-4-6-18(22)7-5-17/h4-7,10-11,19H,8-9,12-13H2,1-3H3,(H,23,25). The number of hydrogen-bond acceptors (Lipinski definition) is 3. The van der Waals surface area contributed by atoms with Crippen molar-refractivity contribution < 1.29 is 17.6 Å². The summed E-state index contributed by atoms with van der Waals surface area (Å²) >= 11 is 0. The van der Waals surface area contributed by atoms with Gasteiger partial charge < -0.3 is 5.32 Å². The van der Waals surface area contributed by atoms with Gasteiger partial charge in [0.2, 0.25) is 15.9 Å². The van der Waals surface area contributed by atoms with Crippen molar-refractivity contribution in [3.8, 4) is 0 Å². The quantitative estimate of drug-likeness (QED) is 0.771. The molecule has 0 saturated heterocycles. The first-order chi connectivity index (χ1) is 13.2. The van der Waals surface area contributed by atoms with Gasteiger partial charge >= 0.3 is 0 Å². The van der Waals surface area contributed by atoms with Crippen LogP contribution in [0, 0.1) is 26.6 Å². The largest absolute Gasteiger partial charge is 0.352 e. The maximum Gasteiger partial charge on any atom is 0.244 e. The smallest absolute Gasteiger partial charge is 0.244 e. The molecule has 0 aliphatic heterocycles. The molecule has 150 valence electrons. The first-order valence-electron chi connectivity index (χ1n) is 9.28. The first-order valence-corrected chi connectivity index (χ1v) is 10.7. The minimum Gasteiger partial charge on any atom is -0.352 e. The number of nitrogens with zero attached hydrogens (tertiary/aromatic N) is 1. The predicted octanol–water partition coefficient (Wildman–Crippen LogP) is 3.22. The normalized spacial score (nSPS) is 14.3. The second kappa shape index (κ2) is 8.01. The van der Waals surface area contributed by atoms with Crippen molar-refractivity contribution in [1.82, 2.24) is 9.62 Å². The van der Waals surface area contributed by atoms with E-state index in [2.05, 4.69) is 5.32 Å². The molecule has 7 heteroatoms. The molecule has 1 aliphatic rings. The number of carbonyl (C=O) groups is 1. The zero-order chi connectivity index (χ0) is 20.5. The molecule has 0 spiro atoms. The van der Waals surface area contributed by atoms with Crippen LogP contribution >= 0.6 is 0 Å². The number of halogens is 1. The van der Waals surface area contributed by atoms with Gasteiger partial charge in [0.15, 0.2) is 0 Å². The summed E-state index contributed by atoms with van der Waals surface area (Å²) in [6.07, 6.45) is 1.85. The van der Waals surface area contributed by atoms with Crippen LogP contribution in [0.3, 0.4) is 0 Å². The highest BCUT2D eigenvalue weighted by Gasteiger charge is 2.31. The van der Waals surface area contributed by atoms with Crippen LogP contribution in [0.15, 0.2) is 41.3 Å².